The molecule has 1 spiro atoms. The lowest BCUT2D eigenvalue weighted by molar-refractivity contribution is -0.0385. The number of para-hydroxylation sites is 1. The van der Waals surface area contributed by atoms with E-state index in [9.17, 15) is 4.79 Å². The molecular weight excluding hydrogens is 372 g/mol. The smallest absolute Gasteiger partial charge is 0.258 e. The molecule has 1 aliphatic carbocycles. The second kappa shape index (κ2) is 7.18. The van der Waals surface area contributed by atoms with E-state index in [1.54, 1.807) is 24.3 Å². The SMILES string of the molecule is O=C(c1ccc(Cl)cc1)N1CC2(CCN(CC3CC3)C2)OCc2ccccc21. The van der Waals surface area contributed by atoms with Crippen molar-refractivity contribution in [2.24, 2.45) is 5.92 Å². The summed E-state index contributed by atoms with van der Waals surface area (Å²) in [5.41, 5.74) is 2.39. The van der Waals surface area contributed by atoms with E-state index in [1.165, 1.54) is 19.4 Å². The number of amides is 1. The average molecular weight is 397 g/mol. The van der Waals surface area contributed by atoms with Gasteiger partial charge in [-0.15, -0.1) is 0 Å². The molecule has 0 bridgehead atoms. The maximum Gasteiger partial charge on any atom is 0.258 e. The summed E-state index contributed by atoms with van der Waals surface area (Å²) in [7, 11) is 0. The molecule has 5 rings (SSSR count). The molecule has 3 aliphatic rings. The minimum Gasteiger partial charge on any atom is -0.367 e. The Hall–Kier alpha value is -1.88. The highest BCUT2D eigenvalue weighted by Gasteiger charge is 2.44. The molecule has 2 aliphatic heterocycles. The molecule has 5 heteroatoms. The number of hydrogen-bond acceptors (Lipinski definition) is 3. The molecule has 1 saturated carbocycles. The van der Waals surface area contributed by atoms with Crippen LogP contribution in [-0.2, 0) is 11.3 Å². The molecule has 0 radical (unpaired) electrons. The maximum absolute atomic E-state index is 13.4. The van der Waals surface area contributed by atoms with Gasteiger partial charge in [0.15, 0.2) is 0 Å². The summed E-state index contributed by atoms with van der Waals surface area (Å²) in [5, 5.41) is 0.638. The Morgan fingerprint density at radius 3 is 2.68 bits per heavy atom. The van der Waals surface area contributed by atoms with Gasteiger partial charge in [-0.25, -0.2) is 0 Å². The molecule has 1 atom stereocenters. The van der Waals surface area contributed by atoms with Crippen LogP contribution in [0.4, 0.5) is 5.69 Å². The van der Waals surface area contributed by atoms with Crippen LogP contribution < -0.4 is 4.90 Å². The van der Waals surface area contributed by atoms with Gasteiger partial charge in [-0.05, 0) is 55.5 Å². The van der Waals surface area contributed by atoms with Gasteiger partial charge in [-0.1, -0.05) is 29.8 Å². The van der Waals surface area contributed by atoms with Crippen LogP contribution in [0.5, 0.6) is 0 Å². The van der Waals surface area contributed by atoms with E-state index in [2.05, 4.69) is 11.0 Å². The van der Waals surface area contributed by atoms with Gasteiger partial charge in [0.05, 0.1) is 13.2 Å². The predicted molar refractivity (Wildman–Crippen MR) is 111 cm³/mol. The third-order valence-electron chi connectivity index (χ3n) is 6.21. The third kappa shape index (κ3) is 3.57. The quantitative estimate of drug-likeness (QED) is 0.772. The zero-order chi connectivity index (χ0) is 19.1. The fourth-order valence-corrected chi connectivity index (χ4v) is 4.60. The molecule has 146 valence electrons. The minimum absolute atomic E-state index is 0.00892. The number of rotatable bonds is 3. The van der Waals surface area contributed by atoms with Crippen LogP contribution in [0.3, 0.4) is 0 Å². The number of likely N-dealkylation sites (tertiary alicyclic amines) is 1. The van der Waals surface area contributed by atoms with Crippen LogP contribution in [0.25, 0.3) is 0 Å². The van der Waals surface area contributed by atoms with Crippen LogP contribution in [0, 0.1) is 5.92 Å². The Morgan fingerprint density at radius 1 is 1.11 bits per heavy atom. The normalized spacial score (nSPS) is 25.0. The number of nitrogens with zero attached hydrogens (tertiary/aromatic N) is 2. The van der Waals surface area contributed by atoms with Crippen molar-refractivity contribution in [2.75, 3.05) is 31.1 Å². The fraction of sp³-hybridized carbons (Fsp3) is 0.435. The number of anilines is 1. The molecule has 1 unspecified atom stereocenters. The van der Waals surface area contributed by atoms with Gasteiger partial charge in [0.1, 0.15) is 5.60 Å². The van der Waals surface area contributed by atoms with Crippen LogP contribution in [0.2, 0.25) is 5.02 Å². The molecule has 2 aromatic rings. The van der Waals surface area contributed by atoms with Gasteiger partial charge in [-0.3, -0.25) is 4.79 Å². The Kier molecular flexibility index (Phi) is 4.66. The predicted octanol–water partition coefficient (Wildman–Crippen LogP) is 4.37. The fourth-order valence-electron chi connectivity index (χ4n) is 4.47. The number of benzene rings is 2. The summed E-state index contributed by atoms with van der Waals surface area (Å²) in [4.78, 5) is 17.9. The number of halogens is 1. The summed E-state index contributed by atoms with van der Waals surface area (Å²) in [5.74, 6) is 0.875. The molecule has 28 heavy (non-hydrogen) atoms. The van der Waals surface area contributed by atoms with Crippen LogP contribution in [-0.4, -0.2) is 42.6 Å². The first-order chi connectivity index (χ1) is 13.6. The number of ether oxygens (including phenoxy) is 1. The number of carbonyl (C=O) groups is 1. The second-order valence-electron chi connectivity index (χ2n) is 8.43. The van der Waals surface area contributed by atoms with Gasteiger partial charge in [0, 0.05) is 41.5 Å². The van der Waals surface area contributed by atoms with E-state index in [-0.39, 0.29) is 11.5 Å². The zero-order valence-electron chi connectivity index (χ0n) is 15.9. The molecule has 0 N–H and O–H groups in total. The molecule has 1 amide bonds. The lowest BCUT2D eigenvalue weighted by Gasteiger charge is -2.33. The lowest BCUT2D eigenvalue weighted by Crippen LogP contribution is -2.48. The van der Waals surface area contributed by atoms with Crippen molar-refractivity contribution in [1.29, 1.82) is 0 Å². The van der Waals surface area contributed by atoms with E-state index in [0.717, 1.165) is 36.7 Å². The molecule has 1 saturated heterocycles. The summed E-state index contributed by atoms with van der Waals surface area (Å²) in [6, 6.07) is 15.3. The van der Waals surface area contributed by atoms with Crippen molar-refractivity contribution in [3.63, 3.8) is 0 Å². The van der Waals surface area contributed by atoms with Crippen molar-refractivity contribution in [3.8, 4) is 0 Å². The van der Waals surface area contributed by atoms with Gasteiger partial charge >= 0.3 is 0 Å². The number of fused-ring (bicyclic) bond motifs is 1. The zero-order valence-corrected chi connectivity index (χ0v) is 16.7. The van der Waals surface area contributed by atoms with Gasteiger partial charge in [0.2, 0.25) is 0 Å². The molecule has 4 nitrogen and oxygen atoms in total. The lowest BCUT2D eigenvalue weighted by atomic mass is 10.0. The first-order valence-electron chi connectivity index (χ1n) is 10.1. The first-order valence-corrected chi connectivity index (χ1v) is 10.5. The summed E-state index contributed by atoms with van der Waals surface area (Å²) >= 11 is 6.02. The first kappa shape index (κ1) is 18.2. The van der Waals surface area contributed by atoms with Crippen LogP contribution in [0.1, 0.15) is 35.2 Å². The van der Waals surface area contributed by atoms with E-state index in [1.807, 2.05) is 23.1 Å². The van der Waals surface area contributed by atoms with Crippen molar-refractivity contribution in [2.45, 2.75) is 31.5 Å². The minimum atomic E-state index is -0.296. The third-order valence-corrected chi connectivity index (χ3v) is 6.46. The van der Waals surface area contributed by atoms with E-state index >= 15 is 0 Å². The largest absolute Gasteiger partial charge is 0.367 e. The van der Waals surface area contributed by atoms with Gasteiger partial charge in [-0.2, -0.15) is 0 Å². The van der Waals surface area contributed by atoms with E-state index in [0.29, 0.717) is 23.7 Å². The van der Waals surface area contributed by atoms with Crippen molar-refractivity contribution in [1.82, 2.24) is 4.90 Å². The molecule has 2 fully saturated rings. The summed E-state index contributed by atoms with van der Waals surface area (Å²) < 4.78 is 6.49. The van der Waals surface area contributed by atoms with Crippen LogP contribution >= 0.6 is 11.6 Å². The van der Waals surface area contributed by atoms with Gasteiger partial charge < -0.3 is 14.5 Å². The van der Waals surface area contributed by atoms with Crippen LogP contribution in [0.15, 0.2) is 48.5 Å². The van der Waals surface area contributed by atoms with Crippen molar-refractivity contribution < 1.29 is 9.53 Å². The van der Waals surface area contributed by atoms with Gasteiger partial charge in [0.25, 0.3) is 5.91 Å². The molecular formula is C23H25ClN2O2. The average Bonchev–Trinajstić information content (AvgIpc) is 3.46. The Bertz CT molecular complexity index is 880. The summed E-state index contributed by atoms with van der Waals surface area (Å²) in [6.07, 6.45) is 3.69. The Labute approximate surface area is 171 Å². The highest BCUT2D eigenvalue weighted by atomic mass is 35.5. The second-order valence-corrected chi connectivity index (χ2v) is 8.86. The summed E-state index contributed by atoms with van der Waals surface area (Å²) in [6.45, 7) is 4.27. The standard InChI is InChI=1S/C23H25ClN2O2/c24-20-9-7-18(8-10-20)22(27)26-16-23(11-12-25(15-23)13-17-5-6-17)28-14-19-3-1-2-4-21(19)26/h1-4,7-10,17H,5-6,11-16H2. The van der Waals surface area contributed by atoms with Crippen molar-refractivity contribution in [3.05, 3.63) is 64.7 Å². The number of hydrogen-bond donors (Lipinski definition) is 0. The topological polar surface area (TPSA) is 32.8 Å². The Balaban J connectivity index is 1.45. The molecule has 0 aromatic heterocycles. The van der Waals surface area contributed by atoms with E-state index in [4.69, 9.17) is 16.3 Å². The van der Waals surface area contributed by atoms with E-state index < -0.39 is 0 Å². The molecule has 2 heterocycles. The highest BCUT2D eigenvalue weighted by Crippen LogP contribution is 2.38. The monoisotopic (exact) mass is 396 g/mol. The molecule has 2 aromatic carbocycles. The highest BCUT2D eigenvalue weighted by molar-refractivity contribution is 6.30. The Morgan fingerprint density at radius 2 is 1.89 bits per heavy atom. The number of carbonyl (C=O) groups excluding carboxylic acids is 1. The van der Waals surface area contributed by atoms with Crippen molar-refractivity contribution >= 4 is 23.2 Å². The maximum atomic E-state index is 13.4.